The molecule has 0 atom stereocenters. The maximum Gasteiger partial charge on any atom is 0.254 e. The van der Waals surface area contributed by atoms with Gasteiger partial charge in [0.05, 0.1) is 6.61 Å². The Morgan fingerprint density at radius 3 is 2.76 bits per heavy atom. The first-order chi connectivity index (χ1) is 9.95. The number of nitrogens with zero attached hydrogens (tertiary/aromatic N) is 1. The highest BCUT2D eigenvalue weighted by atomic mass is 16.2. The van der Waals surface area contributed by atoms with E-state index in [0.29, 0.717) is 6.42 Å². The van der Waals surface area contributed by atoms with E-state index in [9.17, 15) is 4.79 Å². The Balaban J connectivity index is 2.21. The lowest BCUT2D eigenvalue weighted by Crippen LogP contribution is -2.42. The number of hydrogen-bond acceptors (Lipinski definition) is 2. The van der Waals surface area contributed by atoms with Crippen LogP contribution in [0.15, 0.2) is 18.2 Å². The quantitative estimate of drug-likeness (QED) is 0.849. The Hall–Kier alpha value is -1.79. The molecule has 1 aliphatic heterocycles. The van der Waals surface area contributed by atoms with Crippen LogP contribution in [0.3, 0.4) is 0 Å². The lowest BCUT2D eigenvalue weighted by Gasteiger charge is -2.31. The van der Waals surface area contributed by atoms with Crippen LogP contribution < -0.4 is 0 Å². The van der Waals surface area contributed by atoms with Crippen molar-refractivity contribution in [2.45, 2.75) is 45.6 Å². The van der Waals surface area contributed by atoms with Gasteiger partial charge in [-0.2, -0.15) is 0 Å². The van der Waals surface area contributed by atoms with Gasteiger partial charge in [0.15, 0.2) is 0 Å². The molecule has 1 amide bonds. The molecule has 0 saturated carbocycles. The predicted octanol–water partition coefficient (Wildman–Crippen LogP) is 2.74. The topological polar surface area (TPSA) is 40.5 Å². The Morgan fingerprint density at radius 1 is 1.43 bits per heavy atom. The Morgan fingerprint density at radius 2 is 2.19 bits per heavy atom. The van der Waals surface area contributed by atoms with Crippen LogP contribution in [0.1, 0.15) is 54.6 Å². The molecule has 112 valence electrons. The summed E-state index contributed by atoms with van der Waals surface area (Å²) in [5.41, 5.74) is 2.60. The van der Waals surface area contributed by atoms with Crippen LogP contribution in [0.25, 0.3) is 0 Å². The number of aliphatic hydroxyl groups is 1. The number of hydrogen-bond donors (Lipinski definition) is 1. The van der Waals surface area contributed by atoms with Gasteiger partial charge < -0.3 is 10.0 Å². The molecular formula is C18H23NO2. The molecule has 0 aromatic heterocycles. The third kappa shape index (κ3) is 3.46. The zero-order valence-corrected chi connectivity index (χ0v) is 13.1. The Bertz CT molecular complexity index is 593. The minimum Gasteiger partial charge on any atom is -0.395 e. The molecule has 1 aromatic rings. The molecule has 1 saturated heterocycles. The van der Waals surface area contributed by atoms with Crippen LogP contribution in [-0.2, 0) is 0 Å². The van der Waals surface area contributed by atoms with Crippen LogP contribution >= 0.6 is 0 Å². The number of aliphatic hydroxyl groups excluding tert-OH is 1. The minimum atomic E-state index is -0.0510. The van der Waals surface area contributed by atoms with Crippen molar-refractivity contribution in [1.82, 2.24) is 4.90 Å². The SMILES string of the molecule is Cc1cc(C(=O)N2CCCC2(C)C)ccc1C#CCCO. The highest BCUT2D eigenvalue weighted by Gasteiger charge is 2.35. The number of likely N-dealkylation sites (tertiary alicyclic amines) is 1. The van der Waals surface area contributed by atoms with Crippen molar-refractivity contribution in [3.05, 3.63) is 34.9 Å². The first kappa shape index (κ1) is 15.6. The molecule has 1 aromatic carbocycles. The van der Waals surface area contributed by atoms with Crippen molar-refractivity contribution in [3.8, 4) is 11.8 Å². The van der Waals surface area contributed by atoms with E-state index in [0.717, 1.165) is 36.1 Å². The first-order valence-corrected chi connectivity index (χ1v) is 7.48. The fourth-order valence-corrected chi connectivity index (χ4v) is 2.79. The Kier molecular flexibility index (Phi) is 4.69. The lowest BCUT2D eigenvalue weighted by atomic mass is 10.00. The smallest absolute Gasteiger partial charge is 0.254 e. The zero-order valence-electron chi connectivity index (χ0n) is 13.1. The highest BCUT2D eigenvalue weighted by molar-refractivity contribution is 5.95. The van der Waals surface area contributed by atoms with Crippen LogP contribution in [0.4, 0.5) is 0 Å². The average molecular weight is 285 g/mol. The summed E-state index contributed by atoms with van der Waals surface area (Å²) in [5, 5.41) is 8.75. The summed E-state index contributed by atoms with van der Waals surface area (Å²) in [4.78, 5) is 14.6. The number of rotatable bonds is 2. The van der Waals surface area contributed by atoms with Gasteiger partial charge in [0, 0.05) is 29.6 Å². The molecule has 1 heterocycles. The first-order valence-electron chi connectivity index (χ1n) is 7.48. The summed E-state index contributed by atoms with van der Waals surface area (Å²) in [6.07, 6.45) is 2.60. The van der Waals surface area contributed by atoms with E-state index in [1.165, 1.54) is 0 Å². The molecule has 0 spiro atoms. The van der Waals surface area contributed by atoms with Gasteiger partial charge in [-0.25, -0.2) is 0 Å². The lowest BCUT2D eigenvalue weighted by molar-refractivity contribution is 0.0652. The van der Waals surface area contributed by atoms with Crippen molar-refractivity contribution in [3.63, 3.8) is 0 Å². The summed E-state index contributed by atoms with van der Waals surface area (Å²) in [6.45, 7) is 7.13. The average Bonchev–Trinajstić information content (AvgIpc) is 2.79. The maximum atomic E-state index is 12.6. The number of carbonyl (C=O) groups is 1. The van der Waals surface area contributed by atoms with Crippen LogP contribution in [0.5, 0.6) is 0 Å². The molecule has 3 nitrogen and oxygen atoms in total. The summed E-state index contributed by atoms with van der Waals surface area (Å²) >= 11 is 0. The minimum absolute atomic E-state index is 0.0510. The molecular weight excluding hydrogens is 262 g/mol. The van der Waals surface area contributed by atoms with Crippen molar-refractivity contribution in [2.24, 2.45) is 0 Å². The van der Waals surface area contributed by atoms with E-state index in [2.05, 4.69) is 25.7 Å². The maximum absolute atomic E-state index is 12.6. The van der Waals surface area contributed by atoms with Crippen LogP contribution in [0.2, 0.25) is 0 Å². The molecule has 0 aliphatic carbocycles. The third-order valence-electron chi connectivity index (χ3n) is 4.08. The monoisotopic (exact) mass is 285 g/mol. The standard InChI is InChI=1S/C18H23NO2/c1-14-13-16(9-8-15(14)7-4-5-12-20)17(21)19-11-6-10-18(19,2)3/h8-9,13,20H,5-6,10-12H2,1-3H3. The molecule has 21 heavy (non-hydrogen) atoms. The number of aryl methyl sites for hydroxylation is 1. The molecule has 2 rings (SSSR count). The molecule has 3 heteroatoms. The second-order valence-corrected chi connectivity index (χ2v) is 6.18. The van der Waals surface area contributed by atoms with E-state index >= 15 is 0 Å². The van der Waals surface area contributed by atoms with Gasteiger partial charge in [-0.3, -0.25) is 4.79 Å². The second kappa shape index (κ2) is 6.32. The van der Waals surface area contributed by atoms with Gasteiger partial charge in [0.1, 0.15) is 0 Å². The van der Waals surface area contributed by atoms with E-state index in [4.69, 9.17) is 5.11 Å². The van der Waals surface area contributed by atoms with Crippen LogP contribution in [0, 0.1) is 18.8 Å². The molecule has 1 aliphatic rings. The Labute approximate surface area is 127 Å². The van der Waals surface area contributed by atoms with E-state index in [1.54, 1.807) is 0 Å². The predicted molar refractivity (Wildman–Crippen MR) is 84.1 cm³/mol. The summed E-state index contributed by atoms with van der Waals surface area (Å²) in [5.74, 6) is 6.05. The molecule has 0 bridgehead atoms. The third-order valence-corrected chi connectivity index (χ3v) is 4.08. The van der Waals surface area contributed by atoms with Crippen molar-refractivity contribution in [2.75, 3.05) is 13.2 Å². The van der Waals surface area contributed by atoms with E-state index in [-0.39, 0.29) is 18.1 Å². The summed E-state index contributed by atoms with van der Waals surface area (Å²) < 4.78 is 0. The summed E-state index contributed by atoms with van der Waals surface area (Å²) in [7, 11) is 0. The summed E-state index contributed by atoms with van der Waals surface area (Å²) in [6, 6.07) is 5.67. The normalized spacial score (nSPS) is 16.5. The van der Waals surface area contributed by atoms with E-state index in [1.807, 2.05) is 30.0 Å². The van der Waals surface area contributed by atoms with Gasteiger partial charge in [-0.1, -0.05) is 11.8 Å². The number of carbonyl (C=O) groups excluding carboxylic acids is 1. The fraction of sp³-hybridized carbons (Fsp3) is 0.500. The number of amides is 1. The molecule has 0 radical (unpaired) electrons. The van der Waals surface area contributed by atoms with Crippen LogP contribution in [-0.4, -0.2) is 34.6 Å². The van der Waals surface area contributed by atoms with Gasteiger partial charge >= 0.3 is 0 Å². The number of benzene rings is 1. The van der Waals surface area contributed by atoms with Gasteiger partial charge in [0.25, 0.3) is 5.91 Å². The molecule has 0 unspecified atom stereocenters. The molecule has 1 N–H and O–H groups in total. The fourth-order valence-electron chi connectivity index (χ4n) is 2.79. The van der Waals surface area contributed by atoms with Gasteiger partial charge in [-0.05, 0) is 57.4 Å². The van der Waals surface area contributed by atoms with Crippen molar-refractivity contribution in [1.29, 1.82) is 0 Å². The van der Waals surface area contributed by atoms with Crippen molar-refractivity contribution < 1.29 is 9.90 Å². The van der Waals surface area contributed by atoms with Gasteiger partial charge in [-0.15, -0.1) is 0 Å². The zero-order chi connectivity index (χ0) is 15.5. The van der Waals surface area contributed by atoms with Gasteiger partial charge in [0.2, 0.25) is 0 Å². The van der Waals surface area contributed by atoms with Crippen molar-refractivity contribution >= 4 is 5.91 Å². The second-order valence-electron chi connectivity index (χ2n) is 6.18. The largest absolute Gasteiger partial charge is 0.395 e. The molecule has 1 fully saturated rings. The highest BCUT2D eigenvalue weighted by Crippen LogP contribution is 2.30. The van der Waals surface area contributed by atoms with E-state index < -0.39 is 0 Å².